The van der Waals surface area contributed by atoms with E-state index in [1.54, 1.807) is 0 Å². The number of imidazole rings is 1. The van der Waals surface area contributed by atoms with Gasteiger partial charge in [-0.25, -0.2) is 0 Å². The molecule has 337 valence electrons. The molecule has 4 aromatic heterocycles. The third-order valence-electron chi connectivity index (χ3n) is 12.7. The molecule has 0 aliphatic carbocycles. The largest absolute Gasteiger partial charge is 0 e. The van der Waals surface area contributed by atoms with Crippen molar-refractivity contribution in [1.82, 2.24) is 14.5 Å². The number of fused-ring (bicyclic) bond motifs is 8. The van der Waals surface area contributed by atoms with Crippen LogP contribution in [0.4, 0.5) is 0 Å². The van der Waals surface area contributed by atoms with E-state index in [2.05, 4.69) is 164 Å². The van der Waals surface area contributed by atoms with Crippen molar-refractivity contribution in [1.29, 1.82) is 0 Å². The fourth-order valence-corrected chi connectivity index (χ4v) is 12.7. The molecule has 0 saturated heterocycles. The second-order valence-corrected chi connectivity index (χ2v) is 29.8. The van der Waals surface area contributed by atoms with Gasteiger partial charge in [-0.3, -0.25) is 4.98 Å². The Morgan fingerprint density at radius 1 is 0.612 bits per heavy atom. The van der Waals surface area contributed by atoms with E-state index in [1.165, 1.54) is 32.3 Å². The van der Waals surface area contributed by atoms with Gasteiger partial charge in [-0.05, 0) is 76.6 Å². The van der Waals surface area contributed by atoms with Crippen LogP contribution >= 0.6 is 0 Å². The first kappa shape index (κ1) is 44.8. The van der Waals surface area contributed by atoms with Gasteiger partial charge in [0.2, 0.25) is 0 Å². The molecule has 5 nitrogen and oxygen atoms in total. The molecule has 7 heteroatoms. The number of benzene rings is 7. The van der Waals surface area contributed by atoms with Crippen LogP contribution in [0.15, 0.2) is 161 Å². The third kappa shape index (κ3) is 8.50. The van der Waals surface area contributed by atoms with E-state index in [9.17, 15) is 0 Å². The summed E-state index contributed by atoms with van der Waals surface area (Å²) in [6.45, 7) is 13.0. The topological polar surface area (TPSA) is 57.0 Å². The van der Waals surface area contributed by atoms with Crippen molar-refractivity contribution in [2.75, 3.05) is 0 Å². The Morgan fingerprint density at radius 2 is 1.30 bits per heavy atom. The number of hydrogen-bond acceptors (Lipinski definition) is 4. The molecule has 0 unspecified atom stereocenters. The number of hydrogen-bond donors (Lipinski definition) is 0. The molecule has 0 amide bonds. The zero-order valence-corrected chi connectivity index (χ0v) is 44.1. The van der Waals surface area contributed by atoms with Gasteiger partial charge in [0.25, 0.3) is 0 Å². The van der Waals surface area contributed by atoms with Crippen LogP contribution in [0.3, 0.4) is 0 Å². The van der Waals surface area contributed by atoms with Crippen molar-refractivity contribution >= 4 is 72.6 Å². The number of aromatic nitrogens is 3. The van der Waals surface area contributed by atoms with Crippen LogP contribution in [-0.4, -0.2) is 27.8 Å². The standard InChI is InChI=1S/C43H33N2O2.C17H22GeN.Ir/c1-25(2)33-23-28(27-13-6-5-7-14-27)24-34(26(3)4)40(33)45-36-19-10-9-18-35(36)44-43(45)32-17-12-16-29-30-21-22-38-39(42(30)47-41(29)32)31-15-8-11-20-37(31)46-38;1-13(2)15-11-17(14-9-7-6-8-10-14)19-12-16(15)18(3,4)5;/h5-16,18-26H,1-4H3;6-9,11-13H,1-5H3;/q2*-1;/i;13D;. The van der Waals surface area contributed by atoms with Gasteiger partial charge in [0.1, 0.15) is 16.7 Å². The number of pyridine rings is 1. The van der Waals surface area contributed by atoms with E-state index in [0.29, 0.717) is 0 Å². The van der Waals surface area contributed by atoms with Crippen molar-refractivity contribution in [3.8, 4) is 39.5 Å². The summed E-state index contributed by atoms with van der Waals surface area (Å²) >= 11 is -2.03. The van der Waals surface area contributed by atoms with Crippen LogP contribution in [0, 0.1) is 12.1 Å². The second-order valence-electron chi connectivity index (χ2n) is 19.2. The Labute approximate surface area is 411 Å². The van der Waals surface area contributed by atoms with E-state index in [-0.39, 0.29) is 31.9 Å². The summed E-state index contributed by atoms with van der Waals surface area (Å²) in [4.78, 5) is 9.94. The Kier molecular flexibility index (Phi) is 12.4. The van der Waals surface area contributed by atoms with Gasteiger partial charge in [-0.1, -0.05) is 99.3 Å². The summed E-state index contributed by atoms with van der Waals surface area (Å²) in [5.74, 6) is 7.81. The van der Waals surface area contributed by atoms with Crippen molar-refractivity contribution in [3.05, 3.63) is 181 Å². The smallest absolute Gasteiger partial charge is 0 e. The van der Waals surface area contributed by atoms with Crippen molar-refractivity contribution in [3.63, 3.8) is 0 Å². The van der Waals surface area contributed by atoms with E-state index >= 15 is 0 Å². The number of para-hydroxylation sites is 3. The molecule has 0 bridgehead atoms. The minimum Gasteiger partial charge on any atom is 0 e. The minimum absolute atomic E-state index is 0. The Balaban J connectivity index is 0.000000232. The Hall–Kier alpha value is -6.05. The maximum absolute atomic E-state index is 8.44. The van der Waals surface area contributed by atoms with Gasteiger partial charge in [-0.15, -0.1) is 18.2 Å². The van der Waals surface area contributed by atoms with Gasteiger partial charge in [-0.2, -0.15) is 0 Å². The predicted molar refractivity (Wildman–Crippen MR) is 279 cm³/mol. The molecule has 67 heavy (non-hydrogen) atoms. The molecular weight excluding hydrogens is 1060 g/mol. The van der Waals surface area contributed by atoms with E-state index in [4.69, 9.17) is 15.2 Å². The summed E-state index contributed by atoms with van der Waals surface area (Å²) in [5.41, 5.74) is 15.3. The number of nitrogens with zero attached hydrogens (tertiary/aromatic N) is 3. The Morgan fingerprint density at radius 3 is 2.00 bits per heavy atom. The fraction of sp³-hybridized carbons (Fsp3) is 0.200. The van der Waals surface area contributed by atoms with Crippen LogP contribution in [0.25, 0.3) is 94.4 Å². The average molecular weight is 1120 g/mol. The van der Waals surface area contributed by atoms with E-state index < -0.39 is 19.2 Å². The molecule has 0 saturated carbocycles. The maximum atomic E-state index is 8.44. The number of furan rings is 2. The van der Waals surface area contributed by atoms with Crippen LogP contribution in [0.1, 0.15) is 77.3 Å². The van der Waals surface area contributed by atoms with E-state index in [0.717, 1.165) is 83.1 Å². The molecule has 0 aliphatic heterocycles. The molecule has 0 spiro atoms. The van der Waals surface area contributed by atoms with Crippen LogP contribution < -0.4 is 4.40 Å². The predicted octanol–water partition coefficient (Wildman–Crippen LogP) is 16.4. The molecule has 11 aromatic rings. The first-order chi connectivity index (χ1) is 32.2. The van der Waals surface area contributed by atoms with Gasteiger partial charge in [0.15, 0.2) is 0 Å². The Bertz CT molecular complexity index is 3580. The fourth-order valence-electron chi connectivity index (χ4n) is 9.38. The zero-order chi connectivity index (χ0) is 46.8. The summed E-state index contributed by atoms with van der Waals surface area (Å²) in [6.07, 6.45) is 2.00. The quantitative estimate of drug-likeness (QED) is 0.112. The van der Waals surface area contributed by atoms with Crippen molar-refractivity contribution < 1.29 is 30.3 Å². The van der Waals surface area contributed by atoms with Gasteiger partial charge in [0, 0.05) is 36.6 Å². The molecule has 0 aliphatic rings. The SMILES string of the molecule is CC(C)c1cc(-c2ccccc2)cc(C(C)C)c1-n1c(-c2[c-]ccc3c2oc2c3ccc3oc4ccccc4c32)nc2ccccc21.[2H]C(C)(C)c1cc(-c2[c-]cccc2)nc[c]1[Ge]([CH3])([CH3])[CH3].[Ir]. The molecule has 0 fully saturated rings. The van der Waals surface area contributed by atoms with Crippen molar-refractivity contribution in [2.24, 2.45) is 0 Å². The maximum Gasteiger partial charge on any atom is 0 e. The zero-order valence-electron chi connectivity index (χ0n) is 40.6. The van der Waals surface area contributed by atoms with Gasteiger partial charge >= 0.3 is 120 Å². The third-order valence-corrected chi connectivity index (χ3v) is 16.9. The van der Waals surface area contributed by atoms with Crippen LogP contribution in [0.5, 0.6) is 0 Å². The van der Waals surface area contributed by atoms with Crippen LogP contribution in [0.2, 0.25) is 17.3 Å². The monoisotopic (exact) mass is 1120 g/mol. The van der Waals surface area contributed by atoms with Crippen LogP contribution in [-0.2, 0) is 20.1 Å². The second kappa shape index (κ2) is 18.6. The molecule has 7 aromatic carbocycles. The van der Waals surface area contributed by atoms with Crippen molar-refractivity contribution in [2.45, 2.75) is 76.5 Å². The first-order valence-corrected chi connectivity index (χ1v) is 30.4. The molecule has 4 heterocycles. The first-order valence-electron chi connectivity index (χ1n) is 23.5. The van der Waals surface area contributed by atoms with Gasteiger partial charge in [0.05, 0.1) is 27.8 Å². The van der Waals surface area contributed by atoms with E-state index in [1.807, 2.05) is 68.6 Å². The molecule has 0 N–H and O–H groups in total. The minimum atomic E-state index is -2.03. The number of rotatable bonds is 8. The summed E-state index contributed by atoms with van der Waals surface area (Å²) in [5, 5.41) is 4.13. The normalized spacial score (nSPS) is 12.3. The average Bonchev–Trinajstić information content (AvgIpc) is 4.02. The van der Waals surface area contributed by atoms with Gasteiger partial charge < -0.3 is 13.4 Å². The summed E-state index contributed by atoms with van der Waals surface area (Å²) < 4.78 is 25.2. The molecular formula is C60H55GeIrN3O2-2. The summed E-state index contributed by atoms with van der Waals surface area (Å²) in [7, 11) is 0. The molecule has 0 atom stereocenters. The summed E-state index contributed by atoms with van der Waals surface area (Å²) in [6, 6.07) is 57.0. The molecule has 11 rings (SSSR count). The molecule has 1 radical (unpaired) electrons.